The quantitative estimate of drug-likeness (QED) is 0.590. The summed E-state index contributed by atoms with van der Waals surface area (Å²) >= 11 is 7.73. The van der Waals surface area contributed by atoms with Crippen molar-refractivity contribution in [3.05, 3.63) is 83.3 Å². The number of thioether (sulfide) groups is 1. The number of rotatable bonds is 6. The molecule has 1 aromatic carbocycles. The van der Waals surface area contributed by atoms with Crippen molar-refractivity contribution in [1.29, 1.82) is 0 Å². The minimum Gasteiger partial charge on any atom is -0.489 e. The van der Waals surface area contributed by atoms with Gasteiger partial charge in [0.2, 0.25) is 0 Å². The van der Waals surface area contributed by atoms with Crippen LogP contribution >= 0.6 is 23.4 Å². The fourth-order valence-corrected chi connectivity index (χ4v) is 3.08. The van der Waals surface area contributed by atoms with Gasteiger partial charge in [0.25, 0.3) is 0 Å². The van der Waals surface area contributed by atoms with Crippen LogP contribution in [0.4, 0.5) is 0 Å². The van der Waals surface area contributed by atoms with Gasteiger partial charge in [0.15, 0.2) is 0 Å². The van der Waals surface area contributed by atoms with Gasteiger partial charge in [-0.1, -0.05) is 23.7 Å². The van der Waals surface area contributed by atoms with E-state index in [4.69, 9.17) is 16.3 Å². The molecule has 0 aliphatic heterocycles. The number of hydrogen-bond acceptors (Lipinski definition) is 4. The first-order valence-electron chi connectivity index (χ1n) is 7.15. The molecule has 3 rings (SSSR count). The van der Waals surface area contributed by atoms with Gasteiger partial charge in [-0.3, -0.25) is 4.98 Å². The third-order valence-corrected chi connectivity index (χ3v) is 4.67. The highest BCUT2D eigenvalue weighted by Crippen LogP contribution is 2.27. The van der Waals surface area contributed by atoms with Gasteiger partial charge in [-0.15, -0.1) is 11.8 Å². The minimum atomic E-state index is 0.542. The van der Waals surface area contributed by atoms with Crippen molar-refractivity contribution >= 4 is 23.4 Å². The number of halogens is 1. The predicted molar refractivity (Wildman–Crippen MR) is 93.8 cm³/mol. The minimum absolute atomic E-state index is 0.542. The molecule has 2 aromatic heterocycles. The predicted octanol–water partition coefficient (Wildman–Crippen LogP) is 5.00. The molecule has 0 bridgehead atoms. The Morgan fingerprint density at radius 2 is 1.70 bits per heavy atom. The van der Waals surface area contributed by atoms with E-state index in [0.29, 0.717) is 11.6 Å². The van der Waals surface area contributed by atoms with Gasteiger partial charge in [0, 0.05) is 24.3 Å². The topological polar surface area (TPSA) is 35.0 Å². The highest BCUT2D eigenvalue weighted by atomic mass is 35.5. The van der Waals surface area contributed by atoms with E-state index in [1.807, 2.05) is 36.4 Å². The molecule has 0 saturated heterocycles. The summed E-state index contributed by atoms with van der Waals surface area (Å²) in [5.74, 6) is 1.67. The third kappa shape index (κ3) is 4.71. The molecule has 0 spiro atoms. The van der Waals surface area contributed by atoms with Crippen LogP contribution < -0.4 is 4.74 Å². The second kappa shape index (κ2) is 7.99. The summed E-state index contributed by atoms with van der Waals surface area (Å²) in [5.41, 5.74) is 2.30. The molecule has 23 heavy (non-hydrogen) atoms. The Morgan fingerprint density at radius 1 is 0.913 bits per heavy atom. The molecule has 0 saturated carbocycles. The van der Waals surface area contributed by atoms with E-state index < -0.39 is 0 Å². The molecule has 3 nitrogen and oxygen atoms in total. The molecule has 5 heteroatoms. The molecule has 0 amide bonds. The van der Waals surface area contributed by atoms with Gasteiger partial charge in [0.05, 0.1) is 5.02 Å². The van der Waals surface area contributed by atoms with Gasteiger partial charge in [-0.2, -0.15) is 0 Å². The summed E-state index contributed by atoms with van der Waals surface area (Å²) in [4.78, 5) is 8.27. The van der Waals surface area contributed by atoms with Crippen LogP contribution in [0.1, 0.15) is 11.1 Å². The Hall–Kier alpha value is -2.04. The lowest BCUT2D eigenvalue weighted by molar-refractivity contribution is 0.306. The van der Waals surface area contributed by atoms with E-state index in [2.05, 4.69) is 22.1 Å². The van der Waals surface area contributed by atoms with E-state index in [1.165, 1.54) is 5.56 Å². The fourth-order valence-electron chi connectivity index (χ4n) is 1.96. The van der Waals surface area contributed by atoms with Gasteiger partial charge in [0.1, 0.15) is 17.4 Å². The van der Waals surface area contributed by atoms with Crippen LogP contribution in [0, 0.1) is 0 Å². The van der Waals surface area contributed by atoms with Crippen LogP contribution in [-0.2, 0) is 12.4 Å². The summed E-state index contributed by atoms with van der Waals surface area (Å²) < 4.78 is 5.76. The molecule has 116 valence electrons. The van der Waals surface area contributed by atoms with E-state index in [0.717, 1.165) is 22.1 Å². The second-order valence-electron chi connectivity index (χ2n) is 4.87. The van der Waals surface area contributed by atoms with Crippen molar-refractivity contribution in [2.24, 2.45) is 0 Å². The number of pyridine rings is 2. The summed E-state index contributed by atoms with van der Waals surface area (Å²) in [6.07, 6.45) is 5.29. The Labute approximate surface area is 144 Å². The first kappa shape index (κ1) is 15.8. The number of nitrogens with zero attached hydrogens (tertiary/aromatic N) is 2. The molecule has 2 heterocycles. The van der Waals surface area contributed by atoms with Crippen molar-refractivity contribution in [2.75, 3.05) is 0 Å². The summed E-state index contributed by atoms with van der Waals surface area (Å²) in [6.45, 7) is 0.542. The lowest BCUT2D eigenvalue weighted by Gasteiger charge is -2.07. The fraction of sp³-hybridized carbons (Fsp3) is 0.111. The zero-order valence-corrected chi connectivity index (χ0v) is 13.9. The number of benzene rings is 1. The highest BCUT2D eigenvalue weighted by molar-refractivity contribution is 7.98. The van der Waals surface area contributed by atoms with Crippen LogP contribution in [0.15, 0.2) is 72.1 Å². The zero-order chi connectivity index (χ0) is 15.9. The Balaban J connectivity index is 1.54. The lowest BCUT2D eigenvalue weighted by atomic mass is 10.2. The zero-order valence-electron chi connectivity index (χ0n) is 12.4. The first-order valence-corrected chi connectivity index (χ1v) is 8.51. The van der Waals surface area contributed by atoms with Crippen molar-refractivity contribution in [3.8, 4) is 5.75 Å². The van der Waals surface area contributed by atoms with E-state index in [9.17, 15) is 0 Å². The van der Waals surface area contributed by atoms with Crippen molar-refractivity contribution in [2.45, 2.75) is 17.4 Å². The molecule has 3 aromatic rings. The summed E-state index contributed by atoms with van der Waals surface area (Å²) in [6, 6.07) is 15.7. The molecule has 0 fully saturated rings. The van der Waals surface area contributed by atoms with Gasteiger partial charge < -0.3 is 4.74 Å². The van der Waals surface area contributed by atoms with Crippen molar-refractivity contribution in [3.63, 3.8) is 0 Å². The van der Waals surface area contributed by atoms with Gasteiger partial charge in [-0.25, -0.2) is 4.98 Å². The average Bonchev–Trinajstić information content (AvgIpc) is 2.61. The number of ether oxygens (including phenoxy) is 1. The van der Waals surface area contributed by atoms with Crippen LogP contribution in [0.2, 0.25) is 5.02 Å². The maximum absolute atomic E-state index is 6.11. The van der Waals surface area contributed by atoms with Gasteiger partial charge >= 0.3 is 0 Å². The monoisotopic (exact) mass is 342 g/mol. The average molecular weight is 343 g/mol. The maximum atomic E-state index is 6.11. The van der Waals surface area contributed by atoms with E-state index >= 15 is 0 Å². The first-order chi connectivity index (χ1) is 11.3. The molecule has 0 aliphatic rings. The largest absolute Gasteiger partial charge is 0.489 e. The standard InChI is InChI=1S/C18H15ClN2OS/c19-17-2-1-9-21-18(17)23-13-15-3-5-16(6-4-15)22-12-14-7-10-20-11-8-14/h1-11H,12-13H2. The van der Waals surface area contributed by atoms with Crippen molar-refractivity contribution < 1.29 is 4.74 Å². The SMILES string of the molecule is Clc1cccnc1SCc1ccc(OCc2ccncc2)cc1. The van der Waals surface area contributed by atoms with E-state index in [-0.39, 0.29) is 0 Å². The molecule has 0 unspecified atom stereocenters. The smallest absolute Gasteiger partial charge is 0.119 e. The Kier molecular flexibility index (Phi) is 5.51. The third-order valence-electron chi connectivity index (χ3n) is 3.18. The van der Waals surface area contributed by atoms with Crippen LogP contribution in [0.3, 0.4) is 0 Å². The molecule has 0 aliphatic carbocycles. The highest BCUT2D eigenvalue weighted by Gasteiger charge is 2.03. The van der Waals surface area contributed by atoms with Crippen LogP contribution in [-0.4, -0.2) is 9.97 Å². The van der Waals surface area contributed by atoms with E-state index in [1.54, 1.807) is 30.4 Å². The van der Waals surface area contributed by atoms with Crippen LogP contribution in [0.25, 0.3) is 0 Å². The molecular weight excluding hydrogens is 328 g/mol. The molecule has 0 radical (unpaired) electrons. The Bertz CT molecular complexity index is 750. The molecule has 0 atom stereocenters. The number of aromatic nitrogens is 2. The van der Waals surface area contributed by atoms with Crippen LogP contribution in [0.5, 0.6) is 5.75 Å². The molecular formula is C18H15ClN2OS. The second-order valence-corrected chi connectivity index (χ2v) is 6.24. The lowest BCUT2D eigenvalue weighted by Crippen LogP contribution is -1.95. The van der Waals surface area contributed by atoms with Crippen molar-refractivity contribution in [1.82, 2.24) is 9.97 Å². The molecule has 0 N–H and O–H groups in total. The van der Waals surface area contributed by atoms with Gasteiger partial charge in [-0.05, 0) is 47.5 Å². The number of hydrogen-bond donors (Lipinski definition) is 0. The summed E-state index contributed by atoms with van der Waals surface area (Å²) in [7, 11) is 0. The normalized spacial score (nSPS) is 10.5. The Morgan fingerprint density at radius 3 is 2.43 bits per heavy atom. The summed E-state index contributed by atoms with van der Waals surface area (Å²) in [5, 5.41) is 1.54. The maximum Gasteiger partial charge on any atom is 0.119 e.